The van der Waals surface area contributed by atoms with Crippen LogP contribution in [0.2, 0.25) is 0 Å². The van der Waals surface area contributed by atoms with Gasteiger partial charge in [0.25, 0.3) is 5.91 Å². The van der Waals surface area contributed by atoms with Gasteiger partial charge in [-0.15, -0.1) is 10.2 Å². The molecule has 0 saturated carbocycles. The number of carbonyl (C=O) groups excluding carboxylic acids is 1. The third-order valence-corrected chi connectivity index (χ3v) is 4.56. The van der Waals surface area contributed by atoms with Crippen molar-refractivity contribution >= 4 is 23.4 Å². The molecule has 156 valence electrons. The first-order valence-corrected chi connectivity index (χ1v) is 9.97. The maximum atomic E-state index is 12.3. The average molecular weight is 405 g/mol. The van der Waals surface area contributed by atoms with E-state index >= 15 is 0 Å². The molecule has 3 rings (SSSR count). The third kappa shape index (κ3) is 6.01. The van der Waals surface area contributed by atoms with Crippen molar-refractivity contribution in [1.29, 1.82) is 0 Å². The van der Waals surface area contributed by atoms with Crippen LogP contribution >= 0.6 is 0 Å². The van der Waals surface area contributed by atoms with Gasteiger partial charge in [0.2, 0.25) is 0 Å². The van der Waals surface area contributed by atoms with E-state index in [-0.39, 0.29) is 11.3 Å². The molecule has 1 amide bonds. The fraction of sp³-hybridized carbons (Fsp3) is 0.304. The Morgan fingerprint density at radius 3 is 2.13 bits per heavy atom. The van der Waals surface area contributed by atoms with Gasteiger partial charge >= 0.3 is 0 Å². The fourth-order valence-corrected chi connectivity index (χ4v) is 2.76. The summed E-state index contributed by atoms with van der Waals surface area (Å²) in [7, 11) is 0. The minimum Gasteiger partial charge on any atom is -0.367 e. The molecule has 2 heterocycles. The predicted molar refractivity (Wildman–Crippen MR) is 120 cm³/mol. The first-order chi connectivity index (χ1) is 14.3. The summed E-state index contributed by atoms with van der Waals surface area (Å²) < 4.78 is 0. The number of hydrogen-bond donors (Lipinski definition) is 3. The van der Waals surface area contributed by atoms with Crippen molar-refractivity contribution in [2.75, 3.05) is 23.7 Å². The molecule has 0 bridgehead atoms. The van der Waals surface area contributed by atoms with Crippen molar-refractivity contribution in [3.63, 3.8) is 0 Å². The van der Waals surface area contributed by atoms with Crippen molar-refractivity contribution in [3.05, 3.63) is 71.4 Å². The smallest absolute Gasteiger partial charge is 0.251 e. The van der Waals surface area contributed by atoms with Gasteiger partial charge < -0.3 is 16.0 Å². The molecule has 3 aromatic rings. The van der Waals surface area contributed by atoms with E-state index in [0.29, 0.717) is 36.1 Å². The minimum atomic E-state index is -0.0894. The van der Waals surface area contributed by atoms with Crippen molar-refractivity contribution in [2.24, 2.45) is 0 Å². The van der Waals surface area contributed by atoms with E-state index in [1.54, 1.807) is 6.20 Å². The Morgan fingerprint density at radius 2 is 1.53 bits per heavy atom. The second-order valence-electron chi connectivity index (χ2n) is 8.16. The Labute approximate surface area is 177 Å². The molecule has 1 aromatic carbocycles. The number of carbonyl (C=O) groups is 1. The van der Waals surface area contributed by atoms with Crippen LogP contribution in [0.4, 0.5) is 17.5 Å². The number of benzene rings is 1. The Bertz CT molecular complexity index is 961. The van der Waals surface area contributed by atoms with Crippen LogP contribution in [0.25, 0.3) is 0 Å². The molecule has 3 N–H and O–H groups in total. The highest BCUT2D eigenvalue weighted by molar-refractivity contribution is 5.94. The fourth-order valence-electron chi connectivity index (χ4n) is 2.76. The molecule has 0 spiro atoms. The molecule has 0 saturated heterocycles. The Balaban J connectivity index is 1.42. The van der Waals surface area contributed by atoms with E-state index in [2.05, 4.69) is 51.9 Å². The van der Waals surface area contributed by atoms with Gasteiger partial charge in [-0.1, -0.05) is 39.0 Å². The SMILES string of the molecule is Cc1ccc(Nc2ccc(NCCNC(=O)c3ccc(C(C)(C)C)cc3)nn2)nc1. The van der Waals surface area contributed by atoms with Crippen LogP contribution < -0.4 is 16.0 Å². The lowest BCUT2D eigenvalue weighted by Gasteiger charge is -2.19. The monoisotopic (exact) mass is 404 g/mol. The van der Waals surface area contributed by atoms with Crippen molar-refractivity contribution in [1.82, 2.24) is 20.5 Å². The van der Waals surface area contributed by atoms with E-state index in [4.69, 9.17) is 0 Å². The number of rotatable bonds is 7. The second kappa shape index (κ2) is 9.35. The van der Waals surface area contributed by atoms with Crippen LogP contribution in [0.15, 0.2) is 54.7 Å². The maximum Gasteiger partial charge on any atom is 0.251 e. The molecule has 30 heavy (non-hydrogen) atoms. The third-order valence-electron chi connectivity index (χ3n) is 4.56. The molecule has 0 radical (unpaired) electrons. The summed E-state index contributed by atoms with van der Waals surface area (Å²) in [5.74, 6) is 1.88. The van der Waals surface area contributed by atoms with Crippen molar-refractivity contribution in [3.8, 4) is 0 Å². The zero-order valence-corrected chi connectivity index (χ0v) is 17.9. The molecule has 7 nitrogen and oxygen atoms in total. The van der Waals surface area contributed by atoms with Gasteiger partial charge in [0.1, 0.15) is 11.6 Å². The standard InChI is InChI=1S/C23H28N6O/c1-16-5-10-19(26-15-16)27-21-12-11-20(28-29-21)24-13-14-25-22(30)17-6-8-18(9-7-17)23(2,3)4/h5-12,15H,13-14H2,1-4H3,(H,24,28)(H,25,30)(H,26,27,29). The molecular weight excluding hydrogens is 376 g/mol. The molecule has 0 aliphatic carbocycles. The second-order valence-corrected chi connectivity index (χ2v) is 8.16. The lowest BCUT2D eigenvalue weighted by Crippen LogP contribution is -2.29. The lowest BCUT2D eigenvalue weighted by atomic mass is 9.87. The number of nitrogens with one attached hydrogen (secondary N) is 3. The number of pyridine rings is 1. The normalized spacial score (nSPS) is 11.1. The van der Waals surface area contributed by atoms with E-state index in [0.717, 1.165) is 5.56 Å². The Morgan fingerprint density at radius 1 is 0.867 bits per heavy atom. The first-order valence-electron chi connectivity index (χ1n) is 9.97. The highest BCUT2D eigenvalue weighted by Gasteiger charge is 2.14. The largest absolute Gasteiger partial charge is 0.367 e. The van der Waals surface area contributed by atoms with Gasteiger partial charge in [-0.25, -0.2) is 4.98 Å². The Hall–Kier alpha value is -3.48. The number of amides is 1. The highest BCUT2D eigenvalue weighted by atomic mass is 16.1. The number of nitrogens with zero attached hydrogens (tertiary/aromatic N) is 3. The van der Waals surface area contributed by atoms with Crippen LogP contribution in [0.3, 0.4) is 0 Å². The van der Waals surface area contributed by atoms with Gasteiger partial charge in [0, 0.05) is 24.8 Å². The topological polar surface area (TPSA) is 91.8 Å². The summed E-state index contributed by atoms with van der Waals surface area (Å²) >= 11 is 0. The summed E-state index contributed by atoms with van der Waals surface area (Å²) in [5.41, 5.74) is 3.03. The van der Waals surface area contributed by atoms with Gasteiger partial charge in [-0.3, -0.25) is 4.79 Å². The lowest BCUT2D eigenvalue weighted by molar-refractivity contribution is 0.0955. The zero-order chi connectivity index (χ0) is 21.6. The Kier molecular flexibility index (Phi) is 6.61. The number of anilines is 3. The number of aromatic nitrogens is 3. The zero-order valence-electron chi connectivity index (χ0n) is 17.9. The number of aryl methyl sites for hydroxylation is 1. The summed E-state index contributed by atoms with van der Waals surface area (Å²) in [6.45, 7) is 9.47. The van der Waals surface area contributed by atoms with Crippen molar-refractivity contribution < 1.29 is 4.79 Å². The van der Waals surface area contributed by atoms with Crippen LogP contribution in [-0.4, -0.2) is 34.2 Å². The maximum absolute atomic E-state index is 12.3. The molecule has 0 aliphatic heterocycles. The van der Waals surface area contributed by atoms with Crippen LogP contribution in [0, 0.1) is 6.92 Å². The summed E-state index contributed by atoms with van der Waals surface area (Å²) in [5, 5.41) is 17.4. The van der Waals surface area contributed by atoms with Crippen LogP contribution in [0.1, 0.15) is 42.3 Å². The molecule has 0 fully saturated rings. The molecule has 7 heteroatoms. The predicted octanol–water partition coefficient (Wildman–Crippen LogP) is 4.06. The van der Waals surface area contributed by atoms with E-state index in [1.807, 2.05) is 55.5 Å². The van der Waals surface area contributed by atoms with E-state index in [9.17, 15) is 4.79 Å². The molecule has 0 unspecified atom stereocenters. The molecule has 0 atom stereocenters. The van der Waals surface area contributed by atoms with E-state index < -0.39 is 0 Å². The van der Waals surface area contributed by atoms with Crippen molar-refractivity contribution in [2.45, 2.75) is 33.1 Å². The summed E-state index contributed by atoms with van der Waals surface area (Å²) in [4.78, 5) is 16.6. The van der Waals surface area contributed by atoms with E-state index in [1.165, 1.54) is 5.56 Å². The van der Waals surface area contributed by atoms with Gasteiger partial charge in [-0.05, 0) is 53.8 Å². The molecule has 0 aliphatic rings. The highest BCUT2D eigenvalue weighted by Crippen LogP contribution is 2.22. The summed E-state index contributed by atoms with van der Waals surface area (Å²) in [6.07, 6.45) is 1.79. The molecular formula is C23H28N6O. The number of hydrogen-bond acceptors (Lipinski definition) is 6. The molecule has 2 aromatic heterocycles. The van der Waals surface area contributed by atoms with Gasteiger partial charge in [0.15, 0.2) is 5.82 Å². The van der Waals surface area contributed by atoms with Gasteiger partial charge in [-0.2, -0.15) is 0 Å². The van der Waals surface area contributed by atoms with Gasteiger partial charge in [0.05, 0.1) is 0 Å². The van der Waals surface area contributed by atoms with Crippen LogP contribution in [-0.2, 0) is 5.41 Å². The average Bonchev–Trinajstić information content (AvgIpc) is 2.73. The summed E-state index contributed by atoms with van der Waals surface area (Å²) in [6, 6.07) is 15.3. The first kappa shape index (κ1) is 21.2. The van der Waals surface area contributed by atoms with Crippen LogP contribution in [0.5, 0.6) is 0 Å². The minimum absolute atomic E-state index is 0.0711. The quantitative estimate of drug-likeness (QED) is 0.514.